The van der Waals surface area contributed by atoms with Crippen LogP contribution >= 0.6 is 34.8 Å². The lowest BCUT2D eigenvalue weighted by molar-refractivity contribution is 0.398. The van der Waals surface area contributed by atoms with E-state index in [1.807, 2.05) is 0 Å². The van der Waals surface area contributed by atoms with E-state index in [0.29, 0.717) is 0 Å². The van der Waals surface area contributed by atoms with Crippen LogP contribution in [0.4, 0.5) is 11.5 Å². The molecule has 0 aliphatic rings. The number of nitrogens with two attached hydrogens (primary N) is 1. The molecule has 0 aliphatic carbocycles. The van der Waals surface area contributed by atoms with E-state index in [1.165, 1.54) is 25.4 Å². The van der Waals surface area contributed by atoms with E-state index in [0.717, 1.165) is 0 Å². The van der Waals surface area contributed by atoms with Crippen molar-refractivity contribution >= 4 is 56.3 Å². The average Bonchev–Trinajstić information content (AvgIpc) is 2.46. The van der Waals surface area contributed by atoms with E-state index in [-0.39, 0.29) is 37.5 Å². The van der Waals surface area contributed by atoms with Crippen LogP contribution in [-0.4, -0.2) is 25.5 Å². The van der Waals surface area contributed by atoms with Crippen molar-refractivity contribution in [2.24, 2.45) is 0 Å². The van der Waals surface area contributed by atoms with Crippen LogP contribution in [0.2, 0.25) is 15.2 Å². The van der Waals surface area contributed by atoms with Gasteiger partial charge in [-0.15, -0.1) is 0 Å². The summed E-state index contributed by atoms with van der Waals surface area (Å²) in [5, 5.41) is -0.206. The summed E-state index contributed by atoms with van der Waals surface area (Å²) in [5.74, 6) is -0.232. The standard InChI is InChI=1S/C11H9Cl3N4O3S/c1-21-11-10(16-4-7(12)17-11)18-22(19,20)6-3-2-5(15)8(13)9(6)14/h2-4H,15H2,1H3,(H,16,18). The summed E-state index contributed by atoms with van der Waals surface area (Å²) in [6.45, 7) is 0. The number of nitrogen functional groups attached to an aromatic ring is 1. The average molecular weight is 384 g/mol. The predicted octanol–water partition coefficient (Wildman–Crippen LogP) is 2.83. The fourth-order valence-electron chi connectivity index (χ4n) is 1.50. The molecule has 1 aromatic heterocycles. The van der Waals surface area contributed by atoms with E-state index >= 15 is 0 Å². The van der Waals surface area contributed by atoms with Crippen molar-refractivity contribution in [3.63, 3.8) is 0 Å². The fourth-order valence-corrected chi connectivity index (χ4v) is 3.41. The molecule has 0 atom stereocenters. The number of methoxy groups -OCH3 is 1. The lowest BCUT2D eigenvalue weighted by Crippen LogP contribution is -2.16. The first-order chi connectivity index (χ1) is 10.3. The van der Waals surface area contributed by atoms with Gasteiger partial charge in [-0.2, -0.15) is 4.98 Å². The Balaban J connectivity index is 2.47. The minimum absolute atomic E-state index is 0.0494. The van der Waals surface area contributed by atoms with Crippen molar-refractivity contribution in [2.75, 3.05) is 17.6 Å². The van der Waals surface area contributed by atoms with Crippen molar-refractivity contribution in [2.45, 2.75) is 4.90 Å². The van der Waals surface area contributed by atoms with Gasteiger partial charge in [0.2, 0.25) is 5.82 Å². The Labute approximate surface area is 141 Å². The van der Waals surface area contributed by atoms with Crippen molar-refractivity contribution in [1.29, 1.82) is 0 Å². The van der Waals surface area contributed by atoms with Crippen LogP contribution in [0.1, 0.15) is 0 Å². The molecule has 0 radical (unpaired) electrons. The Morgan fingerprint density at radius 2 is 1.91 bits per heavy atom. The van der Waals surface area contributed by atoms with Crippen LogP contribution in [-0.2, 0) is 10.0 Å². The maximum Gasteiger partial charge on any atom is 0.264 e. The maximum atomic E-state index is 12.4. The third-order valence-corrected chi connectivity index (χ3v) is 5.07. The molecule has 22 heavy (non-hydrogen) atoms. The van der Waals surface area contributed by atoms with Crippen LogP contribution in [0, 0.1) is 0 Å². The first-order valence-corrected chi connectivity index (χ1v) is 8.21. The Morgan fingerprint density at radius 1 is 1.23 bits per heavy atom. The number of aromatic nitrogens is 2. The van der Waals surface area contributed by atoms with Gasteiger partial charge in [0.15, 0.2) is 5.15 Å². The van der Waals surface area contributed by atoms with E-state index in [9.17, 15) is 8.42 Å². The Kier molecular flexibility index (Phi) is 4.86. The monoisotopic (exact) mass is 382 g/mol. The van der Waals surface area contributed by atoms with Gasteiger partial charge in [-0.3, -0.25) is 4.72 Å². The number of sulfonamides is 1. The van der Waals surface area contributed by atoms with Crippen LogP contribution < -0.4 is 15.2 Å². The molecule has 0 bridgehead atoms. The molecule has 2 aromatic rings. The fraction of sp³-hybridized carbons (Fsp3) is 0.0909. The van der Waals surface area contributed by atoms with Gasteiger partial charge < -0.3 is 10.5 Å². The number of hydrogen-bond acceptors (Lipinski definition) is 6. The quantitative estimate of drug-likeness (QED) is 0.786. The highest BCUT2D eigenvalue weighted by molar-refractivity contribution is 7.92. The minimum Gasteiger partial charge on any atom is -0.478 e. The van der Waals surface area contributed by atoms with Gasteiger partial charge in [-0.1, -0.05) is 34.8 Å². The molecule has 0 unspecified atom stereocenters. The number of nitrogens with zero attached hydrogens (tertiary/aromatic N) is 2. The zero-order valence-corrected chi connectivity index (χ0v) is 14.1. The van der Waals surface area contributed by atoms with Gasteiger partial charge in [-0.05, 0) is 12.1 Å². The number of hydrogen-bond donors (Lipinski definition) is 2. The highest BCUT2D eigenvalue weighted by Crippen LogP contribution is 2.35. The van der Waals surface area contributed by atoms with E-state index in [1.54, 1.807) is 0 Å². The van der Waals surface area contributed by atoms with Crippen LogP contribution in [0.25, 0.3) is 0 Å². The third-order valence-electron chi connectivity index (χ3n) is 2.50. The third kappa shape index (κ3) is 3.30. The Morgan fingerprint density at radius 3 is 2.55 bits per heavy atom. The van der Waals surface area contributed by atoms with E-state index in [2.05, 4.69) is 14.7 Å². The molecule has 11 heteroatoms. The number of anilines is 2. The van der Waals surface area contributed by atoms with Gasteiger partial charge in [0, 0.05) is 0 Å². The smallest absolute Gasteiger partial charge is 0.264 e. The largest absolute Gasteiger partial charge is 0.478 e. The summed E-state index contributed by atoms with van der Waals surface area (Å²) >= 11 is 17.4. The van der Waals surface area contributed by atoms with Gasteiger partial charge in [0.25, 0.3) is 15.9 Å². The molecule has 1 aromatic carbocycles. The molecule has 3 N–H and O–H groups in total. The van der Waals surface area contributed by atoms with Crippen LogP contribution in [0.15, 0.2) is 23.2 Å². The van der Waals surface area contributed by atoms with Gasteiger partial charge in [0.05, 0.1) is 29.0 Å². The lowest BCUT2D eigenvalue weighted by atomic mass is 10.3. The number of rotatable bonds is 4. The zero-order chi connectivity index (χ0) is 16.5. The molecule has 0 aliphatic heterocycles. The van der Waals surface area contributed by atoms with E-state index in [4.69, 9.17) is 45.3 Å². The molecule has 0 amide bonds. The molecule has 0 saturated carbocycles. The topological polar surface area (TPSA) is 107 Å². The van der Waals surface area contributed by atoms with Gasteiger partial charge in [-0.25, -0.2) is 13.4 Å². The van der Waals surface area contributed by atoms with Crippen molar-refractivity contribution in [3.05, 3.63) is 33.5 Å². The summed E-state index contributed by atoms with van der Waals surface area (Å²) < 4.78 is 31.9. The Bertz CT molecular complexity index is 830. The number of nitrogens with one attached hydrogen (secondary N) is 1. The normalized spacial score (nSPS) is 11.3. The summed E-state index contributed by atoms with van der Waals surface area (Å²) in [7, 11) is -2.78. The molecule has 0 saturated heterocycles. The lowest BCUT2D eigenvalue weighted by Gasteiger charge is -2.12. The van der Waals surface area contributed by atoms with Crippen LogP contribution in [0.3, 0.4) is 0 Å². The van der Waals surface area contributed by atoms with Crippen molar-refractivity contribution < 1.29 is 13.2 Å². The molecule has 2 rings (SSSR count). The molecular weight excluding hydrogens is 375 g/mol. The molecule has 0 fully saturated rings. The second-order valence-corrected chi connectivity index (χ2v) is 6.73. The first-order valence-electron chi connectivity index (χ1n) is 5.59. The maximum absolute atomic E-state index is 12.4. The SMILES string of the molecule is COc1nc(Cl)cnc1NS(=O)(=O)c1ccc(N)c(Cl)c1Cl. The molecular formula is C11H9Cl3N4O3S. The summed E-state index contributed by atoms with van der Waals surface area (Å²) in [6, 6.07) is 2.55. The second kappa shape index (κ2) is 6.33. The minimum atomic E-state index is -4.08. The van der Waals surface area contributed by atoms with Gasteiger partial charge >= 0.3 is 0 Å². The molecule has 1 heterocycles. The number of halogens is 3. The first kappa shape index (κ1) is 16.9. The van der Waals surface area contributed by atoms with Crippen molar-refractivity contribution in [1.82, 2.24) is 9.97 Å². The summed E-state index contributed by atoms with van der Waals surface area (Å²) in [5.41, 5.74) is 5.72. The van der Waals surface area contributed by atoms with Crippen LogP contribution in [0.5, 0.6) is 5.88 Å². The molecule has 0 spiro atoms. The van der Waals surface area contributed by atoms with Gasteiger partial charge in [0.1, 0.15) is 4.90 Å². The summed E-state index contributed by atoms with van der Waals surface area (Å²) in [6.07, 6.45) is 1.17. The van der Waals surface area contributed by atoms with E-state index < -0.39 is 10.0 Å². The molecule has 7 nitrogen and oxygen atoms in total. The number of ether oxygens (including phenoxy) is 1. The highest BCUT2D eigenvalue weighted by atomic mass is 35.5. The number of benzene rings is 1. The highest BCUT2D eigenvalue weighted by Gasteiger charge is 2.23. The second-order valence-electron chi connectivity index (χ2n) is 3.94. The molecule has 118 valence electrons. The predicted molar refractivity (Wildman–Crippen MR) is 85.3 cm³/mol. The van der Waals surface area contributed by atoms with Crippen molar-refractivity contribution in [3.8, 4) is 5.88 Å². The Hall–Kier alpha value is -1.48. The summed E-state index contributed by atoms with van der Waals surface area (Å²) in [4.78, 5) is 7.36. The zero-order valence-electron chi connectivity index (χ0n) is 11.0.